The molecular weight excluding hydrogens is 264 g/mol. The summed E-state index contributed by atoms with van der Waals surface area (Å²) < 4.78 is 0. The van der Waals surface area contributed by atoms with E-state index < -0.39 is 5.60 Å². The predicted octanol–water partition coefficient (Wildman–Crippen LogP) is 2.31. The fourth-order valence-corrected chi connectivity index (χ4v) is 3.77. The standard InChI is InChI=1S/C17H32N2O2/c1-19-13-7-11-17(21,16(19)20)14-18-12-10-15-8-5-3-2-4-6-9-15/h15,18,21H,2-14H2,1H3/t17-/m1/s1. The Labute approximate surface area is 129 Å². The summed E-state index contributed by atoms with van der Waals surface area (Å²) in [5, 5.41) is 13.8. The second kappa shape index (κ2) is 8.14. The maximum absolute atomic E-state index is 12.1. The number of hydrogen-bond acceptors (Lipinski definition) is 3. The lowest BCUT2D eigenvalue weighted by atomic mass is 9.88. The first-order valence-corrected chi connectivity index (χ1v) is 8.80. The van der Waals surface area contributed by atoms with E-state index in [1.807, 2.05) is 0 Å². The molecule has 0 aromatic carbocycles. The number of nitrogens with one attached hydrogen (secondary N) is 1. The third-order valence-corrected chi connectivity index (χ3v) is 5.20. The molecule has 0 bridgehead atoms. The third kappa shape index (κ3) is 4.96. The van der Waals surface area contributed by atoms with Gasteiger partial charge < -0.3 is 15.3 Å². The lowest BCUT2D eigenvalue weighted by Gasteiger charge is -2.36. The van der Waals surface area contributed by atoms with Crippen LogP contribution in [0.4, 0.5) is 0 Å². The first-order chi connectivity index (χ1) is 10.1. The van der Waals surface area contributed by atoms with Gasteiger partial charge in [0.25, 0.3) is 5.91 Å². The molecule has 0 spiro atoms. The van der Waals surface area contributed by atoms with Crippen LogP contribution in [0.1, 0.15) is 64.2 Å². The molecule has 2 N–H and O–H groups in total. The lowest BCUT2D eigenvalue weighted by Crippen LogP contribution is -2.57. The highest BCUT2D eigenvalue weighted by molar-refractivity contribution is 5.85. The van der Waals surface area contributed by atoms with Crippen LogP contribution in [0, 0.1) is 5.92 Å². The Morgan fingerprint density at radius 3 is 2.57 bits per heavy atom. The van der Waals surface area contributed by atoms with Gasteiger partial charge in [0.15, 0.2) is 5.60 Å². The zero-order valence-electron chi connectivity index (χ0n) is 13.6. The molecule has 1 heterocycles. The van der Waals surface area contributed by atoms with E-state index in [9.17, 15) is 9.90 Å². The molecule has 2 rings (SSSR count). The Morgan fingerprint density at radius 2 is 1.86 bits per heavy atom. The first kappa shape index (κ1) is 16.8. The highest BCUT2D eigenvalue weighted by Crippen LogP contribution is 2.25. The molecule has 0 unspecified atom stereocenters. The van der Waals surface area contributed by atoms with Crippen LogP contribution < -0.4 is 5.32 Å². The zero-order chi connectivity index (χ0) is 15.1. The van der Waals surface area contributed by atoms with E-state index in [1.165, 1.54) is 51.4 Å². The van der Waals surface area contributed by atoms with Gasteiger partial charge >= 0.3 is 0 Å². The molecule has 2 fully saturated rings. The fraction of sp³-hybridized carbons (Fsp3) is 0.941. The Bertz CT molecular complexity index is 327. The van der Waals surface area contributed by atoms with Crippen molar-refractivity contribution in [3.8, 4) is 0 Å². The molecule has 0 radical (unpaired) electrons. The highest BCUT2D eigenvalue weighted by atomic mass is 16.3. The van der Waals surface area contributed by atoms with E-state index in [2.05, 4.69) is 5.32 Å². The minimum absolute atomic E-state index is 0.118. The maximum atomic E-state index is 12.1. The van der Waals surface area contributed by atoms with Crippen molar-refractivity contribution in [2.75, 3.05) is 26.7 Å². The predicted molar refractivity (Wildman–Crippen MR) is 85.1 cm³/mol. The number of hydrogen-bond donors (Lipinski definition) is 2. The second-order valence-electron chi connectivity index (χ2n) is 7.04. The molecule has 0 aromatic heterocycles. The van der Waals surface area contributed by atoms with Gasteiger partial charge in [-0.15, -0.1) is 0 Å². The van der Waals surface area contributed by atoms with Crippen molar-refractivity contribution in [3.05, 3.63) is 0 Å². The number of carbonyl (C=O) groups excluding carboxylic acids is 1. The van der Waals surface area contributed by atoms with E-state index in [-0.39, 0.29) is 5.91 Å². The van der Waals surface area contributed by atoms with Gasteiger partial charge in [-0.2, -0.15) is 0 Å². The molecule has 1 aliphatic carbocycles. The van der Waals surface area contributed by atoms with E-state index in [1.54, 1.807) is 11.9 Å². The smallest absolute Gasteiger partial charge is 0.255 e. The molecule has 1 amide bonds. The van der Waals surface area contributed by atoms with Gasteiger partial charge in [-0.25, -0.2) is 0 Å². The SMILES string of the molecule is CN1CCC[C@@](O)(CNCCC2CCCCCCC2)C1=O. The molecule has 1 saturated carbocycles. The molecule has 4 heteroatoms. The van der Waals surface area contributed by atoms with Crippen LogP contribution >= 0.6 is 0 Å². The normalized spacial score (nSPS) is 29.2. The van der Waals surface area contributed by atoms with E-state index >= 15 is 0 Å². The van der Waals surface area contributed by atoms with Crippen molar-refractivity contribution in [3.63, 3.8) is 0 Å². The van der Waals surface area contributed by atoms with Gasteiger partial charge in [0.2, 0.25) is 0 Å². The summed E-state index contributed by atoms with van der Waals surface area (Å²) in [6.45, 7) is 2.09. The topological polar surface area (TPSA) is 52.6 Å². The number of amides is 1. The Morgan fingerprint density at radius 1 is 1.19 bits per heavy atom. The summed E-state index contributed by atoms with van der Waals surface area (Å²) in [6.07, 6.45) is 12.3. The van der Waals surface area contributed by atoms with Crippen LogP contribution in [0.25, 0.3) is 0 Å². The second-order valence-corrected chi connectivity index (χ2v) is 7.04. The van der Waals surface area contributed by atoms with Crippen LogP contribution in [0.15, 0.2) is 0 Å². The summed E-state index contributed by atoms with van der Waals surface area (Å²) in [7, 11) is 1.78. The van der Waals surface area contributed by atoms with Gasteiger partial charge in [-0.05, 0) is 31.7 Å². The summed E-state index contributed by atoms with van der Waals surface area (Å²) in [4.78, 5) is 13.7. The van der Waals surface area contributed by atoms with Crippen molar-refractivity contribution in [1.29, 1.82) is 0 Å². The molecule has 21 heavy (non-hydrogen) atoms. The van der Waals surface area contributed by atoms with Crippen molar-refractivity contribution < 1.29 is 9.90 Å². The number of rotatable bonds is 5. The molecule has 2 aliphatic rings. The minimum atomic E-state index is -1.17. The average Bonchev–Trinajstić information content (AvgIpc) is 2.43. The van der Waals surface area contributed by atoms with Crippen molar-refractivity contribution in [1.82, 2.24) is 10.2 Å². The zero-order valence-corrected chi connectivity index (χ0v) is 13.6. The molecule has 4 nitrogen and oxygen atoms in total. The van der Waals surface area contributed by atoms with E-state index in [4.69, 9.17) is 0 Å². The van der Waals surface area contributed by atoms with Crippen LogP contribution in [0.2, 0.25) is 0 Å². The maximum Gasteiger partial charge on any atom is 0.255 e. The Balaban J connectivity index is 1.67. The molecule has 122 valence electrons. The third-order valence-electron chi connectivity index (χ3n) is 5.20. The van der Waals surface area contributed by atoms with Gasteiger partial charge in [0, 0.05) is 20.1 Å². The monoisotopic (exact) mass is 296 g/mol. The van der Waals surface area contributed by atoms with Crippen LogP contribution in [-0.2, 0) is 4.79 Å². The molecule has 1 atom stereocenters. The number of likely N-dealkylation sites (tertiary alicyclic amines) is 1. The fourth-order valence-electron chi connectivity index (χ4n) is 3.77. The average molecular weight is 296 g/mol. The van der Waals surface area contributed by atoms with Crippen molar-refractivity contribution in [2.45, 2.75) is 69.8 Å². The Kier molecular flexibility index (Phi) is 6.49. The van der Waals surface area contributed by atoms with Crippen LogP contribution in [0.5, 0.6) is 0 Å². The number of piperidine rings is 1. The van der Waals surface area contributed by atoms with Crippen molar-refractivity contribution >= 4 is 5.91 Å². The minimum Gasteiger partial charge on any atom is -0.379 e. The van der Waals surface area contributed by atoms with Crippen LogP contribution in [0.3, 0.4) is 0 Å². The number of nitrogens with zero attached hydrogens (tertiary/aromatic N) is 1. The molecular formula is C17H32N2O2. The van der Waals surface area contributed by atoms with E-state index in [0.717, 1.165) is 25.4 Å². The van der Waals surface area contributed by atoms with Gasteiger partial charge in [0.1, 0.15) is 0 Å². The van der Waals surface area contributed by atoms with Crippen molar-refractivity contribution in [2.24, 2.45) is 5.92 Å². The summed E-state index contributed by atoms with van der Waals surface area (Å²) in [5.41, 5.74) is -1.17. The lowest BCUT2D eigenvalue weighted by molar-refractivity contribution is -0.154. The van der Waals surface area contributed by atoms with E-state index in [0.29, 0.717) is 13.0 Å². The van der Waals surface area contributed by atoms with Gasteiger partial charge in [-0.3, -0.25) is 4.79 Å². The van der Waals surface area contributed by atoms with Crippen LogP contribution in [-0.4, -0.2) is 48.2 Å². The van der Waals surface area contributed by atoms with Gasteiger partial charge in [-0.1, -0.05) is 44.9 Å². The number of carbonyl (C=O) groups is 1. The molecule has 1 aliphatic heterocycles. The quantitative estimate of drug-likeness (QED) is 0.766. The Hall–Kier alpha value is -0.610. The first-order valence-electron chi connectivity index (χ1n) is 8.80. The summed E-state index contributed by atoms with van der Waals surface area (Å²) in [6, 6.07) is 0. The largest absolute Gasteiger partial charge is 0.379 e. The molecule has 0 aromatic rings. The van der Waals surface area contributed by atoms with Gasteiger partial charge in [0.05, 0.1) is 0 Å². The number of likely N-dealkylation sites (N-methyl/N-ethyl adjacent to an activating group) is 1. The summed E-state index contributed by atoms with van der Waals surface area (Å²) in [5.74, 6) is 0.712. The number of aliphatic hydroxyl groups is 1. The highest BCUT2D eigenvalue weighted by Gasteiger charge is 2.40. The molecule has 1 saturated heterocycles. The summed E-state index contributed by atoms with van der Waals surface area (Å²) >= 11 is 0.